The van der Waals surface area contributed by atoms with Crippen molar-refractivity contribution in [3.05, 3.63) is 65.2 Å². The van der Waals surface area contributed by atoms with Crippen molar-refractivity contribution in [2.75, 3.05) is 26.7 Å². The highest BCUT2D eigenvalue weighted by Crippen LogP contribution is 2.33. The van der Waals surface area contributed by atoms with Crippen LogP contribution in [0.4, 0.5) is 0 Å². The van der Waals surface area contributed by atoms with Gasteiger partial charge in [0.2, 0.25) is 17.7 Å². The summed E-state index contributed by atoms with van der Waals surface area (Å²) >= 11 is 0. The van der Waals surface area contributed by atoms with Crippen LogP contribution in [0.3, 0.4) is 0 Å². The predicted molar refractivity (Wildman–Crippen MR) is 153 cm³/mol. The highest BCUT2D eigenvalue weighted by molar-refractivity contribution is 5.95. The minimum Gasteiger partial charge on any atom is -0.492 e. The summed E-state index contributed by atoms with van der Waals surface area (Å²) in [5.74, 6) is 0.155. The summed E-state index contributed by atoms with van der Waals surface area (Å²) in [5, 5.41) is 16.8. The molecular weight excluding hydrogens is 508 g/mol. The lowest BCUT2D eigenvalue weighted by Crippen LogP contribution is -2.56. The van der Waals surface area contributed by atoms with E-state index in [2.05, 4.69) is 16.0 Å². The number of nitrogens with one attached hydrogen (secondary N) is 4. The molecule has 1 heterocycles. The molecule has 10 nitrogen and oxygen atoms in total. The molecule has 1 fully saturated rings. The maximum atomic E-state index is 13.4. The second-order valence-electron chi connectivity index (χ2n) is 10.6. The lowest BCUT2D eigenvalue weighted by atomic mass is 10.0. The van der Waals surface area contributed by atoms with Crippen LogP contribution in [-0.4, -0.2) is 73.3 Å². The van der Waals surface area contributed by atoms with Crippen LogP contribution in [0.25, 0.3) is 0 Å². The van der Waals surface area contributed by atoms with Crippen molar-refractivity contribution < 1.29 is 19.1 Å². The van der Waals surface area contributed by atoms with Gasteiger partial charge in [0.05, 0.1) is 6.04 Å². The number of fused-ring (bicyclic) bond motifs is 1. The Morgan fingerprint density at radius 3 is 2.48 bits per heavy atom. The number of nitrogen functional groups attached to an aromatic ring is 1. The summed E-state index contributed by atoms with van der Waals surface area (Å²) in [7, 11) is 1.63. The Bertz CT molecular complexity index is 1210. The van der Waals surface area contributed by atoms with Crippen LogP contribution in [-0.2, 0) is 27.2 Å². The normalized spacial score (nSPS) is 23.6. The molecule has 0 spiro atoms. The number of ether oxygens (including phenoxy) is 1. The summed E-state index contributed by atoms with van der Waals surface area (Å²) < 4.78 is 6.05. The lowest BCUT2D eigenvalue weighted by Gasteiger charge is -2.30. The molecule has 0 radical (unpaired) electrons. The molecule has 1 aliphatic heterocycles. The van der Waals surface area contributed by atoms with Gasteiger partial charge in [0.1, 0.15) is 30.3 Å². The van der Waals surface area contributed by atoms with Crippen molar-refractivity contribution in [3.8, 4) is 5.75 Å². The van der Waals surface area contributed by atoms with Gasteiger partial charge in [0, 0.05) is 32.1 Å². The zero-order valence-corrected chi connectivity index (χ0v) is 23.2. The molecule has 0 aromatic heterocycles. The quantitative estimate of drug-likeness (QED) is 0.288. The minimum absolute atomic E-state index is 0.0405. The number of hydrogen-bond acceptors (Lipinski definition) is 6. The van der Waals surface area contributed by atoms with E-state index >= 15 is 0 Å². The Morgan fingerprint density at radius 1 is 1.05 bits per heavy atom. The van der Waals surface area contributed by atoms with Crippen molar-refractivity contribution in [1.82, 2.24) is 20.9 Å². The number of amidine groups is 1. The SMILES string of the molecule is C[C@@H]1C(=O)N[C@H](Cc2ccc(C(=N)N)cc2)C(=O)NCCCc2ccccc2OCCN[C@@H](C2CC2)C(=O)N1C. The molecule has 2 aromatic rings. The molecule has 6 N–H and O–H groups in total. The number of nitrogens with zero attached hydrogens (tertiary/aromatic N) is 1. The molecule has 2 aromatic carbocycles. The van der Waals surface area contributed by atoms with Gasteiger partial charge < -0.3 is 31.3 Å². The van der Waals surface area contributed by atoms with E-state index in [1.54, 1.807) is 38.2 Å². The fourth-order valence-corrected chi connectivity index (χ4v) is 4.87. The van der Waals surface area contributed by atoms with Crippen LogP contribution in [0.2, 0.25) is 0 Å². The molecule has 1 saturated carbocycles. The third kappa shape index (κ3) is 7.59. The predicted octanol–water partition coefficient (Wildman–Crippen LogP) is 1.35. The van der Waals surface area contributed by atoms with Crippen molar-refractivity contribution in [2.45, 2.75) is 57.2 Å². The molecule has 1 aliphatic carbocycles. The van der Waals surface area contributed by atoms with E-state index in [-0.39, 0.29) is 30.0 Å². The summed E-state index contributed by atoms with van der Waals surface area (Å²) in [6.07, 6.45) is 3.61. The maximum Gasteiger partial charge on any atom is 0.243 e. The first kappa shape index (κ1) is 29.1. The fraction of sp³-hybridized carbons (Fsp3) is 0.467. The average molecular weight is 549 g/mol. The molecule has 0 bridgehead atoms. The highest BCUT2D eigenvalue weighted by atomic mass is 16.5. The van der Waals surface area contributed by atoms with Crippen LogP contribution in [0.15, 0.2) is 48.5 Å². The van der Waals surface area contributed by atoms with Crippen LogP contribution in [0.1, 0.15) is 42.9 Å². The van der Waals surface area contributed by atoms with Crippen LogP contribution in [0, 0.1) is 11.3 Å². The van der Waals surface area contributed by atoms with E-state index in [4.69, 9.17) is 15.9 Å². The summed E-state index contributed by atoms with van der Waals surface area (Å²) in [6.45, 7) is 3.03. The second-order valence-corrected chi connectivity index (χ2v) is 10.6. The summed E-state index contributed by atoms with van der Waals surface area (Å²) in [6, 6.07) is 12.9. The van der Waals surface area contributed by atoms with E-state index in [9.17, 15) is 14.4 Å². The molecule has 3 amide bonds. The largest absolute Gasteiger partial charge is 0.492 e. The van der Waals surface area contributed by atoms with Gasteiger partial charge in [0.25, 0.3) is 0 Å². The number of hydrogen-bond donors (Lipinski definition) is 5. The van der Waals surface area contributed by atoms with E-state index in [1.165, 1.54) is 4.90 Å². The molecular formula is C30H40N6O4. The number of benzene rings is 2. The monoisotopic (exact) mass is 548 g/mol. The topological polar surface area (TPSA) is 150 Å². The summed E-state index contributed by atoms with van der Waals surface area (Å²) in [4.78, 5) is 41.5. The average Bonchev–Trinajstić information content (AvgIpc) is 3.79. The van der Waals surface area contributed by atoms with Gasteiger partial charge in [-0.25, -0.2) is 0 Å². The maximum absolute atomic E-state index is 13.4. The minimum atomic E-state index is -0.839. The second kappa shape index (κ2) is 13.4. The molecule has 214 valence electrons. The van der Waals surface area contributed by atoms with Crippen molar-refractivity contribution in [1.29, 1.82) is 5.41 Å². The van der Waals surface area contributed by atoms with Crippen molar-refractivity contribution in [3.63, 3.8) is 0 Å². The smallest absolute Gasteiger partial charge is 0.243 e. The fourth-order valence-electron chi connectivity index (χ4n) is 4.87. The first-order chi connectivity index (χ1) is 19.2. The number of para-hydroxylation sites is 1. The van der Waals surface area contributed by atoms with Crippen molar-refractivity contribution in [2.24, 2.45) is 11.7 Å². The number of nitrogens with two attached hydrogens (primary N) is 1. The van der Waals surface area contributed by atoms with Gasteiger partial charge in [-0.15, -0.1) is 0 Å². The highest BCUT2D eigenvalue weighted by Gasteiger charge is 2.39. The standard InChI is InChI=1S/C30H40N6O4/c1-19-28(37)35-24(18-20-9-11-23(12-10-20)27(31)32)29(38)34-15-5-7-21-6-3-4-8-25(21)40-17-16-33-26(22-13-14-22)30(39)36(19)2/h3-4,6,8-12,19,22,24,26,33H,5,7,13-18H2,1-2H3,(H3,31,32)(H,34,38)(H,35,37)/t19-,24-,26+/m1/s1. The van der Waals surface area contributed by atoms with Gasteiger partial charge >= 0.3 is 0 Å². The third-order valence-corrected chi connectivity index (χ3v) is 7.62. The first-order valence-corrected chi connectivity index (χ1v) is 14.0. The van der Waals surface area contributed by atoms with Gasteiger partial charge in [0.15, 0.2) is 0 Å². The molecule has 2 aliphatic rings. The van der Waals surface area contributed by atoms with Gasteiger partial charge in [-0.05, 0) is 55.7 Å². The number of likely N-dealkylation sites (N-methyl/N-ethyl adjacent to an activating group) is 1. The van der Waals surface area contributed by atoms with E-state index in [0.717, 1.165) is 36.1 Å². The van der Waals surface area contributed by atoms with E-state index in [0.29, 0.717) is 31.7 Å². The Morgan fingerprint density at radius 2 is 1.77 bits per heavy atom. The van der Waals surface area contributed by atoms with E-state index in [1.807, 2.05) is 24.3 Å². The molecule has 40 heavy (non-hydrogen) atoms. The number of aryl methyl sites for hydroxylation is 1. The molecule has 3 atom stereocenters. The number of carbonyl (C=O) groups is 3. The van der Waals surface area contributed by atoms with Crippen LogP contribution in [0.5, 0.6) is 5.75 Å². The van der Waals surface area contributed by atoms with Crippen molar-refractivity contribution >= 4 is 23.6 Å². The number of rotatable bonds is 4. The first-order valence-electron chi connectivity index (χ1n) is 14.0. The third-order valence-electron chi connectivity index (χ3n) is 7.62. The Hall–Kier alpha value is -3.92. The van der Waals surface area contributed by atoms with E-state index < -0.39 is 24.0 Å². The molecule has 0 saturated heterocycles. The zero-order valence-electron chi connectivity index (χ0n) is 23.2. The lowest BCUT2D eigenvalue weighted by molar-refractivity contribution is -0.141. The zero-order chi connectivity index (χ0) is 28.6. The number of amides is 3. The molecule has 0 unspecified atom stereocenters. The summed E-state index contributed by atoms with van der Waals surface area (Å²) in [5.41, 5.74) is 8.02. The van der Waals surface area contributed by atoms with Crippen LogP contribution >= 0.6 is 0 Å². The Balaban J connectivity index is 1.54. The van der Waals surface area contributed by atoms with Gasteiger partial charge in [-0.2, -0.15) is 0 Å². The Kier molecular flexibility index (Phi) is 9.76. The van der Waals surface area contributed by atoms with Gasteiger partial charge in [-0.1, -0.05) is 42.5 Å². The molecule has 4 rings (SSSR count). The number of carbonyl (C=O) groups excluding carboxylic acids is 3. The van der Waals surface area contributed by atoms with Crippen LogP contribution < -0.4 is 26.4 Å². The Labute approximate surface area is 235 Å². The molecule has 10 heteroatoms. The van der Waals surface area contributed by atoms with Gasteiger partial charge in [-0.3, -0.25) is 19.8 Å².